The molecule has 0 aromatic heterocycles. The van der Waals surface area contributed by atoms with Gasteiger partial charge in [-0.1, -0.05) is 84.9 Å². The molecule has 0 saturated heterocycles. The van der Waals surface area contributed by atoms with E-state index < -0.39 is 27.4 Å². The second-order valence-electron chi connectivity index (χ2n) is 12.5. The first kappa shape index (κ1) is 36.3. The van der Waals surface area contributed by atoms with Gasteiger partial charge in [0.2, 0.25) is 5.90 Å². The molecule has 0 unspecified atom stereocenters. The molecule has 0 bridgehead atoms. The van der Waals surface area contributed by atoms with Crippen LogP contribution in [0.4, 0.5) is 0 Å². The molecule has 10 heteroatoms. The number of nitrogens with zero attached hydrogens (tertiary/aromatic N) is 1. The number of ether oxygens (including phenoxy) is 3. The lowest BCUT2D eigenvalue weighted by Crippen LogP contribution is -2.49. The van der Waals surface area contributed by atoms with Crippen LogP contribution in [0.1, 0.15) is 35.6 Å². The number of carbonyl (C=O) groups excluding carboxylic acids is 1. The second kappa shape index (κ2) is 16.7. The van der Waals surface area contributed by atoms with E-state index in [1.54, 1.807) is 61.7 Å². The molecule has 268 valence electrons. The summed E-state index contributed by atoms with van der Waals surface area (Å²) in [5.41, 5.74) is 2.70. The minimum atomic E-state index is -3.79. The number of methoxy groups -OCH3 is 1. The first-order valence-electron chi connectivity index (χ1n) is 17.3. The topological polar surface area (TPSA) is 124 Å². The molecule has 2 N–H and O–H groups in total. The highest BCUT2D eigenvalue weighted by molar-refractivity contribution is 7.91. The van der Waals surface area contributed by atoms with Gasteiger partial charge >= 0.3 is 0 Å². The lowest BCUT2D eigenvalue weighted by molar-refractivity contribution is -0.129. The monoisotopic (exact) mass is 718 g/mol. The summed E-state index contributed by atoms with van der Waals surface area (Å²) in [5.74, 6) is 0.809. The average molecular weight is 719 g/mol. The summed E-state index contributed by atoms with van der Waals surface area (Å²) in [6.45, 7) is 0.688. The summed E-state index contributed by atoms with van der Waals surface area (Å²) in [6.07, 6.45) is -0.0145. The normalized spacial score (nSPS) is 16.8. The molecule has 1 amide bonds. The van der Waals surface area contributed by atoms with E-state index in [-0.39, 0.29) is 29.6 Å². The highest BCUT2D eigenvalue weighted by atomic mass is 32.2. The molecule has 1 heterocycles. The van der Waals surface area contributed by atoms with E-state index in [9.17, 15) is 13.2 Å². The van der Waals surface area contributed by atoms with Crippen molar-refractivity contribution in [3.05, 3.63) is 150 Å². The molecule has 0 spiro atoms. The van der Waals surface area contributed by atoms with E-state index in [1.807, 2.05) is 78.9 Å². The second-order valence-corrected chi connectivity index (χ2v) is 14.6. The number of aliphatic hydroxyl groups is 1. The van der Waals surface area contributed by atoms with Gasteiger partial charge in [0, 0.05) is 31.6 Å². The van der Waals surface area contributed by atoms with Crippen molar-refractivity contribution in [2.24, 2.45) is 4.99 Å². The van der Waals surface area contributed by atoms with Gasteiger partial charge in [0.05, 0.1) is 24.4 Å². The van der Waals surface area contributed by atoms with Crippen molar-refractivity contribution < 1.29 is 32.5 Å². The van der Waals surface area contributed by atoms with Gasteiger partial charge in [-0.25, -0.2) is 13.4 Å². The molecule has 9 nitrogen and oxygen atoms in total. The van der Waals surface area contributed by atoms with Crippen molar-refractivity contribution >= 4 is 21.6 Å². The van der Waals surface area contributed by atoms with Gasteiger partial charge in [-0.15, -0.1) is 0 Å². The van der Waals surface area contributed by atoms with Crippen LogP contribution in [0.15, 0.2) is 143 Å². The Morgan fingerprint density at radius 1 is 0.808 bits per heavy atom. The van der Waals surface area contributed by atoms with E-state index in [0.717, 1.165) is 22.4 Å². The van der Waals surface area contributed by atoms with Crippen molar-refractivity contribution in [1.29, 1.82) is 0 Å². The minimum Gasteiger partial charge on any atom is -0.497 e. The molecule has 5 aromatic rings. The van der Waals surface area contributed by atoms with Gasteiger partial charge in [0.25, 0.3) is 5.91 Å². The fourth-order valence-electron chi connectivity index (χ4n) is 6.15. The number of hydrogen-bond donors (Lipinski definition) is 2. The number of aliphatic hydroxyl groups excluding tert-OH is 1. The number of nitrogens with one attached hydrogen (secondary N) is 1. The van der Waals surface area contributed by atoms with E-state index in [2.05, 4.69) is 5.32 Å². The highest BCUT2D eigenvalue weighted by Gasteiger charge is 2.53. The molecular weight excluding hydrogens is 677 g/mol. The Morgan fingerprint density at radius 3 is 2.08 bits per heavy atom. The van der Waals surface area contributed by atoms with Crippen LogP contribution in [0.2, 0.25) is 0 Å². The molecule has 1 aliphatic heterocycles. The summed E-state index contributed by atoms with van der Waals surface area (Å²) in [5, 5.41) is 12.2. The predicted molar refractivity (Wildman–Crippen MR) is 201 cm³/mol. The lowest BCUT2D eigenvalue weighted by Gasteiger charge is -2.30. The van der Waals surface area contributed by atoms with Crippen LogP contribution < -0.4 is 14.8 Å². The standard InChI is InChI=1S/C42H42N2O7S/c1-49-36-21-13-31(14-22-36)25-27-43-41(46)42(26-30-52(47,48)38-11-6-3-7-12-38)39(34-17-15-33(16-18-34)32-9-4-2-5-10-32)51-40(44-42)35-19-23-37(24-20-35)50-29-8-28-45/h2-7,9-24,39,45H,8,25-30H2,1H3,(H,43,46)/t39-,42-/m1/s1. The van der Waals surface area contributed by atoms with Crippen LogP contribution in [0.3, 0.4) is 0 Å². The quantitative estimate of drug-likeness (QED) is 0.110. The molecule has 5 aromatic carbocycles. The SMILES string of the molecule is COc1ccc(CCNC(=O)[C@]2(CCS(=O)(=O)c3ccccc3)N=C(c3ccc(OCCCO)cc3)O[C@@H]2c2ccc(-c3ccccc3)cc2)cc1. The number of aliphatic imine (C=N–C) groups is 1. The Kier molecular flexibility index (Phi) is 11.7. The van der Waals surface area contributed by atoms with Crippen LogP contribution >= 0.6 is 0 Å². The zero-order chi connectivity index (χ0) is 36.4. The highest BCUT2D eigenvalue weighted by Crippen LogP contribution is 2.43. The molecule has 0 saturated carbocycles. The molecule has 0 fully saturated rings. The Balaban J connectivity index is 1.37. The van der Waals surface area contributed by atoms with E-state index in [1.165, 1.54) is 0 Å². The van der Waals surface area contributed by atoms with E-state index in [0.29, 0.717) is 42.9 Å². The van der Waals surface area contributed by atoms with Gasteiger partial charge in [-0.05, 0) is 77.2 Å². The van der Waals surface area contributed by atoms with Gasteiger partial charge < -0.3 is 24.6 Å². The van der Waals surface area contributed by atoms with Crippen LogP contribution in [0, 0.1) is 0 Å². The van der Waals surface area contributed by atoms with Crippen molar-refractivity contribution in [2.45, 2.75) is 35.8 Å². The zero-order valence-electron chi connectivity index (χ0n) is 29.0. The third-order valence-electron chi connectivity index (χ3n) is 9.06. The van der Waals surface area contributed by atoms with Crippen molar-refractivity contribution in [2.75, 3.05) is 32.6 Å². The Bertz CT molecular complexity index is 2050. The Labute approximate surface area is 304 Å². The van der Waals surface area contributed by atoms with Gasteiger partial charge in [0.1, 0.15) is 11.5 Å². The maximum absolute atomic E-state index is 14.6. The zero-order valence-corrected chi connectivity index (χ0v) is 29.8. The molecule has 1 aliphatic rings. The number of rotatable bonds is 16. The number of benzene rings is 5. The van der Waals surface area contributed by atoms with Crippen LogP contribution in [0.5, 0.6) is 11.5 Å². The summed E-state index contributed by atoms with van der Waals surface area (Å²) in [4.78, 5) is 19.8. The van der Waals surface area contributed by atoms with Gasteiger partial charge in [0.15, 0.2) is 21.5 Å². The summed E-state index contributed by atoms with van der Waals surface area (Å²) >= 11 is 0. The molecule has 2 atom stereocenters. The maximum Gasteiger partial charge on any atom is 0.252 e. The molecular formula is C42H42N2O7S. The smallest absolute Gasteiger partial charge is 0.252 e. The van der Waals surface area contributed by atoms with Crippen LogP contribution in [-0.2, 0) is 25.8 Å². The number of hydrogen-bond acceptors (Lipinski definition) is 8. The van der Waals surface area contributed by atoms with Gasteiger partial charge in [-0.2, -0.15) is 0 Å². The van der Waals surface area contributed by atoms with Crippen LogP contribution in [-0.4, -0.2) is 63.5 Å². The first-order valence-corrected chi connectivity index (χ1v) is 18.9. The molecule has 6 rings (SSSR count). The summed E-state index contributed by atoms with van der Waals surface area (Å²) in [6, 6.07) is 40.7. The van der Waals surface area contributed by atoms with E-state index in [4.69, 9.17) is 24.3 Å². The van der Waals surface area contributed by atoms with Crippen molar-refractivity contribution in [3.63, 3.8) is 0 Å². The van der Waals surface area contributed by atoms with Crippen molar-refractivity contribution in [3.8, 4) is 22.6 Å². The van der Waals surface area contributed by atoms with Crippen molar-refractivity contribution in [1.82, 2.24) is 5.32 Å². The Morgan fingerprint density at radius 2 is 1.42 bits per heavy atom. The molecule has 0 aliphatic carbocycles. The number of sulfone groups is 1. The third-order valence-corrected chi connectivity index (χ3v) is 10.8. The molecule has 52 heavy (non-hydrogen) atoms. The maximum atomic E-state index is 14.6. The average Bonchev–Trinajstić information content (AvgIpc) is 3.59. The first-order chi connectivity index (χ1) is 25.3. The van der Waals surface area contributed by atoms with Gasteiger partial charge in [-0.3, -0.25) is 4.79 Å². The lowest BCUT2D eigenvalue weighted by atomic mass is 9.84. The molecule has 0 radical (unpaired) electrons. The largest absolute Gasteiger partial charge is 0.497 e. The third kappa shape index (κ3) is 8.53. The number of amides is 1. The van der Waals surface area contributed by atoms with Crippen LogP contribution in [0.25, 0.3) is 11.1 Å². The summed E-state index contributed by atoms with van der Waals surface area (Å²) in [7, 11) is -2.18. The number of carbonyl (C=O) groups is 1. The Hall–Kier alpha value is -5.45. The fraction of sp³-hybridized carbons (Fsp3) is 0.238. The minimum absolute atomic E-state index is 0.0285. The predicted octanol–water partition coefficient (Wildman–Crippen LogP) is 6.60. The summed E-state index contributed by atoms with van der Waals surface area (Å²) < 4.78 is 45.0. The van der Waals surface area contributed by atoms with E-state index >= 15 is 0 Å². The fourth-order valence-corrected chi connectivity index (χ4v) is 7.54.